The quantitative estimate of drug-likeness (QED) is 0.748. The summed E-state index contributed by atoms with van der Waals surface area (Å²) < 4.78 is 39.4. The number of nitrogens with one attached hydrogen (secondary N) is 1. The summed E-state index contributed by atoms with van der Waals surface area (Å²) in [5.41, 5.74) is 4.29. The normalized spacial score (nSPS) is 18.8. The van der Waals surface area contributed by atoms with Crippen LogP contribution in [0.4, 0.5) is 19.0 Å². The zero-order valence-corrected chi connectivity index (χ0v) is 15.3. The molecule has 1 aromatic rings. The van der Waals surface area contributed by atoms with E-state index in [2.05, 4.69) is 10.4 Å². The van der Waals surface area contributed by atoms with Gasteiger partial charge in [0.1, 0.15) is 5.56 Å². The number of aromatic nitrogens is 2. The lowest BCUT2D eigenvalue weighted by Crippen LogP contribution is -2.51. The van der Waals surface area contributed by atoms with E-state index in [0.717, 1.165) is 12.8 Å². The minimum atomic E-state index is -4.97. The third kappa shape index (κ3) is 4.18. The second-order valence-corrected chi connectivity index (χ2v) is 7.31. The van der Waals surface area contributed by atoms with Crippen molar-refractivity contribution in [2.45, 2.75) is 43.8 Å². The molecule has 9 nitrogen and oxygen atoms in total. The summed E-state index contributed by atoms with van der Waals surface area (Å²) in [5, 5.41) is 16.0. The van der Waals surface area contributed by atoms with Crippen molar-refractivity contribution in [3.8, 4) is 6.07 Å². The molecule has 0 unspecified atom stereocenters. The number of likely N-dealkylation sites (tertiary alicyclic amines) is 1. The zero-order chi connectivity index (χ0) is 21.4. The smallest absolute Gasteiger partial charge is 0.365 e. The Morgan fingerprint density at radius 1 is 1.31 bits per heavy atom. The van der Waals surface area contributed by atoms with Gasteiger partial charge in [0.05, 0.1) is 18.0 Å². The number of hydrogen-bond donors (Lipinski definition) is 2. The number of anilines is 1. The second kappa shape index (κ2) is 7.38. The first-order chi connectivity index (χ1) is 13.6. The molecule has 1 saturated heterocycles. The van der Waals surface area contributed by atoms with E-state index < -0.39 is 23.5 Å². The molecule has 1 aromatic heterocycles. The van der Waals surface area contributed by atoms with E-state index in [1.165, 1.54) is 10.9 Å². The van der Waals surface area contributed by atoms with Crippen molar-refractivity contribution < 1.29 is 27.6 Å². The molecule has 0 atom stereocenters. The minimum Gasteiger partial charge on any atom is -0.365 e. The molecular weight excluding hydrogens is 393 g/mol. The molecule has 0 spiro atoms. The molecular formula is C17H19F3N6O3. The number of nitrogens with zero attached hydrogens (tertiary/aromatic N) is 4. The van der Waals surface area contributed by atoms with Crippen LogP contribution in [0, 0.1) is 17.2 Å². The first-order valence-corrected chi connectivity index (χ1v) is 9.01. The van der Waals surface area contributed by atoms with Crippen LogP contribution in [0.5, 0.6) is 0 Å². The highest BCUT2D eigenvalue weighted by Crippen LogP contribution is 2.36. The van der Waals surface area contributed by atoms with E-state index in [0.29, 0.717) is 4.90 Å². The number of nitrogens with two attached hydrogens (primary N) is 1. The lowest BCUT2D eigenvalue weighted by atomic mass is 9.85. The van der Waals surface area contributed by atoms with Gasteiger partial charge in [0.2, 0.25) is 5.91 Å². The number of hydrogen-bond acceptors (Lipinski definition) is 5. The first-order valence-electron chi connectivity index (χ1n) is 9.01. The maximum absolute atomic E-state index is 12.7. The molecule has 3 rings (SSSR count). The van der Waals surface area contributed by atoms with E-state index in [-0.39, 0.29) is 55.6 Å². The Hall–Kier alpha value is -3.10. The van der Waals surface area contributed by atoms with Crippen LogP contribution in [0.25, 0.3) is 0 Å². The summed E-state index contributed by atoms with van der Waals surface area (Å²) in [6, 6.07) is 1.99. The highest BCUT2D eigenvalue weighted by atomic mass is 19.4. The number of rotatable bonds is 5. The number of carbonyl (C=O) groups is 3. The number of halogens is 3. The Morgan fingerprint density at radius 2 is 1.93 bits per heavy atom. The molecule has 29 heavy (non-hydrogen) atoms. The maximum atomic E-state index is 12.7. The summed E-state index contributed by atoms with van der Waals surface area (Å²) in [6.45, 7) is -0.453. The van der Waals surface area contributed by atoms with Crippen LogP contribution >= 0.6 is 0 Å². The molecule has 2 heterocycles. The highest BCUT2D eigenvalue weighted by Gasteiger charge is 2.46. The Balaban J connectivity index is 1.86. The van der Waals surface area contributed by atoms with Crippen molar-refractivity contribution in [1.29, 1.82) is 5.26 Å². The van der Waals surface area contributed by atoms with Gasteiger partial charge in [0.25, 0.3) is 5.91 Å². The maximum Gasteiger partial charge on any atom is 0.471 e. The Morgan fingerprint density at radius 3 is 2.41 bits per heavy atom. The highest BCUT2D eigenvalue weighted by molar-refractivity contribution is 6.02. The number of primary amides is 1. The standard InChI is InChI=1S/C17H19F3N6O3/c18-17(19,20)15(29)25-7-4-16(3-6-21,5-8-25)26-9-11(12(22)27)13(24-26)23-14(28)10-1-2-10/h9-10H,1-5,7-8H2,(H2,22,27)(H,23,24,28). The van der Waals surface area contributed by atoms with Crippen molar-refractivity contribution in [2.24, 2.45) is 11.7 Å². The Kier molecular flexibility index (Phi) is 5.25. The molecule has 3 amide bonds. The molecule has 12 heteroatoms. The first kappa shape index (κ1) is 20.6. The Labute approximate surface area is 163 Å². The van der Waals surface area contributed by atoms with Gasteiger partial charge >= 0.3 is 12.1 Å². The summed E-state index contributed by atoms with van der Waals surface area (Å²) >= 11 is 0. The van der Waals surface area contributed by atoms with Crippen LogP contribution in [0.3, 0.4) is 0 Å². The van der Waals surface area contributed by atoms with E-state index in [1.807, 2.05) is 6.07 Å². The molecule has 1 saturated carbocycles. The summed E-state index contributed by atoms with van der Waals surface area (Å²) in [7, 11) is 0. The van der Waals surface area contributed by atoms with Crippen LogP contribution in [0.1, 0.15) is 42.5 Å². The van der Waals surface area contributed by atoms with Crippen molar-refractivity contribution in [3.05, 3.63) is 11.8 Å². The van der Waals surface area contributed by atoms with E-state index in [1.54, 1.807) is 0 Å². The average Bonchev–Trinajstić information content (AvgIpc) is 3.41. The topological polar surface area (TPSA) is 134 Å². The molecule has 1 aliphatic carbocycles. The number of carbonyl (C=O) groups excluding carboxylic acids is 3. The van der Waals surface area contributed by atoms with Gasteiger partial charge in [-0.05, 0) is 25.7 Å². The SMILES string of the molecule is N#CCC1(n2cc(C(N)=O)c(NC(=O)C3CC3)n2)CCN(C(=O)C(F)(F)F)CC1. The third-order valence-corrected chi connectivity index (χ3v) is 5.29. The molecule has 2 fully saturated rings. The van der Waals surface area contributed by atoms with Gasteiger partial charge in [0, 0.05) is 25.2 Å². The predicted octanol–water partition coefficient (Wildman–Crippen LogP) is 1.12. The summed E-state index contributed by atoms with van der Waals surface area (Å²) in [6.07, 6.45) is -2.25. The largest absolute Gasteiger partial charge is 0.471 e. The van der Waals surface area contributed by atoms with E-state index >= 15 is 0 Å². The predicted molar refractivity (Wildman–Crippen MR) is 92.2 cm³/mol. The van der Waals surface area contributed by atoms with Crippen LogP contribution in [0.2, 0.25) is 0 Å². The van der Waals surface area contributed by atoms with E-state index in [4.69, 9.17) is 5.73 Å². The van der Waals surface area contributed by atoms with Crippen molar-refractivity contribution >= 4 is 23.5 Å². The lowest BCUT2D eigenvalue weighted by Gasteiger charge is -2.40. The number of amides is 3. The molecule has 0 bridgehead atoms. The van der Waals surface area contributed by atoms with Gasteiger partial charge in [-0.1, -0.05) is 0 Å². The van der Waals surface area contributed by atoms with Gasteiger partial charge < -0.3 is 16.0 Å². The molecule has 3 N–H and O–H groups in total. The molecule has 2 aliphatic rings. The summed E-state index contributed by atoms with van der Waals surface area (Å²) in [4.78, 5) is 36.0. The fourth-order valence-corrected chi connectivity index (χ4v) is 3.39. The van der Waals surface area contributed by atoms with Gasteiger partial charge in [-0.25, -0.2) is 0 Å². The van der Waals surface area contributed by atoms with Crippen LogP contribution < -0.4 is 11.1 Å². The number of alkyl halides is 3. The van der Waals surface area contributed by atoms with Gasteiger partial charge in [0.15, 0.2) is 5.82 Å². The number of piperidine rings is 1. The molecule has 1 aliphatic heterocycles. The van der Waals surface area contributed by atoms with Gasteiger partial charge in [-0.15, -0.1) is 0 Å². The van der Waals surface area contributed by atoms with Crippen molar-refractivity contribution in [1.82, 2.24) is 14.7 Å². The van der Waals surface area contributed by atoms with Crippen LogP contribution in [-0.2, 0) is 15.1 Å². The minimum absolute atomic E-state index is 0.0261. The van der Waals surface area contributed by atoms with Crippen LogP contribution in [-0.4, -0.2) is 51.7 Å². The number of nitriles is 1. The van der Waals surface area contributed by atoms with Crippen LogP contribution in [0.15, 0.2) is 6.20 Å². The zero-order valence-electron chi connectivity index (χ0n) is 15.3. The van der Waals surface area contributed by atoms with Crippen molar-refractivity contribution in [2.75, 3.05) is 18.4 Å². The average molecular weight is 412 g/mol. The van der Waals surface area contributed by atoms with Crippen molar-refractivity contribution in [3.63, 3.8) is 0 Å². The fraction of sp³-hybridized carbons (Fsp3) is 0.588. The monoisotopic (exact) mass is 412 g/mol. The lowest BCUT2D eigenvalue weighted by molar-refractivity contribution is -0.187. The Bertz CT molecular complexity index is 876. The molecule has 0 radical (unpaired) electrons. The van der Waals surface area contributed by atoms with Gasteiger partial charge in [-0.2, -0.15) is 23.5 Å². The van der Waals surface area contributed by atoms with Gasteiger partial charge in [-0.3, -0.25) is 19.1 Å². The molecule has 156 valence electrons. The third-order valence-electron chi connectivity index (χ3n) is 5.29. The second-order valence-electron chi connectivity index (χ2n) is 7.31. The fourth-order valence-electron chi connectivity index (χ4n) is 3.39. The summed E-state index contributed by atoms with van der Waals surface area (Å²) in [5.74, 6) is -3.25. The van der Waals surface area contributed by atoms with E-state index in [9.17, 15) is 32.8 Å². The molecule has 0 aromatic carbocycles.